The second-order valence-electron chi connectivity index (χ2n) is 4.33. The lowest BCUT2D eigenvalue weighted by Crippen LogP contribution is -2.20. The van der Waals surface area contributed by atoms with Crippen LogP contribution in [0, 0.1) is 0 Å². The summed E-state index contributed by atoms with van der Waals surface area (Å²) in [6, 6.07) is 8.07. The van der Waals surface area contributed by atoms with Crippen LogP contribution in [0.1, 0.15) is 19.4 Å². The molecule has 0 aromatic heterocycles. The van der Waals surface area contributed by atoms with E-state index in [1.54, 1.807) is 0 Å². The summed E-state index contributed by atoms with van der Waals surface area (Å²) >= 11 is 0. The van der Waals surface area contributed by atoms with Gasteiger partial charge >= 0.3 is 0 Å². The lowest BCUT2D eigenvalue weighted by Gasteiger charge is -2.11. The lowest BCUT2D eigenvalue weighted by atomic mass is 10.2. The van der Waals surface area contributed by atoms with Gasteiger partial charge in [0.05, 0.1) is 25.9 Å². The molecule has 0 heterocycles. The molecule has 0 radical (unpaired) electrons. The van der Waals surface area contributed by atoms with Crippen molar-refractivity contribution in [1.82, 2.24) is 5.32 Å². The number of benzene rings is 1. The monoisotopic (exact) mass is 253 g/mol. The van der Waals surface area contributed by atoms with Gasteiger partial charge in [0, 0.05) is 13.1 Å². The lowest BCUT2D eigenvalue weighted by molar-refractivity contribution is 0.0938. The highest BCUT2D eigenvalue weighted by atomic mass is 16.5. The Morgan fingerprint density at radius 1 is 1.28 bits per heavy atom. The van der Waals surface area contributed by atoms with E-state index in [0.717, 1.165) is 18.8 Å². The smallest absolute Gasteiger partial charge is 0.120 e. The maximum atomic E-state index is 8.54. The highest BCUT2D eigenvalue weighted by Gasteiger charge is 1.99. The van der Waals surface area contributed by atoms with Gasteiger partial charge < -0.3 is 19.9 Å². The largest absolute Gasteiger partial charge is 0.491 e. The molecular formula is C14H23NO3. The molecule has 4 heteroatoms. The summed E-state index contributed by atoms with van der Waals surface area (Å²) in [4.78, 5) is 0. The molecular weight excluding hydrogens is 230 g/mol. The summed E-state index contributed by atoms with van der Waals surface area (Å²) in [5.74, 6) is 0.904. The van der Waals surface area contributed by atoms with Crippen molar-refractivity contribution < 1.29 is 14.6 Å². The summed E-state index contributed by atoms with van der Waals surface area (Å²) in [7, 11) is 0. The highest BCUT2D eigenvalue weighted by molar-refractivity contribution is 5.28. The van der Waals surface area contributed by atoms with E-state index in [1.165, 1.54) is 5.56 Å². The first-order valence-corrected chi connectivity index (χ1v) is 6.37. The molecule has 2 N–H and O–H groups in total. The standard InChI is InChI=1S/C14H23NO3/c1-12(2)18-14-5-3-4-13(10-14)11-15-6-8-17-9-7-16/h3-5,10,12,15-16H,6-9,11H2,1-2H3. The van der Waals surface area contributed by atoms with Crippen molar-refractivity contribution in [3.8, 4) is 5.75 Å². The highest BCUT2D eigenvalue weighted by Crippen LogP contribution is 2.14. The van der Waals surface area contributed by atoms with Crippen molar-refractivity contribution in [2.45, 2.75) is 26.5 Å². The molecule has 0 aliphatic rings. The molecule has 0 fully saturated rings. The minimum Gasteiger partial charge on any atom is -0.491 e. The number of hydrogen-bond acceptors (Lipinski definition) is 4. The Labute approximate surface area is 109 Å². The van der Waals surface area contributed by atoms with E-state index in [-0.39, 0.29) is 12.7 Å². The third kappa shape index (κ3) is 6.59. The maximum absolute atomic E-state index is 8.54. The zero-order chi connectivity index (χ0) is 13.2. The number of hydrogen-bond donors (Lipinski definition) is 2. The molecule has 0 aliphatic heterocycles. The van der Waals surface area contributed by atoms with Crippen molar-refractivity contribution in [3.05, 3.63) is 29.8 Å². The fraction of sp³-hybridized carbons (Fsp3) is 0.571. The van der Waals surface area contributed by atoms with Crippen molar-refractivity contribution in [1.29, 1.82) is 0 Å². The molecule has 0 bridgehead atoms. The van der Waals surface area contributed by atoms with Gasteiger partial charge in [0.25, 0.3) is 0 Å². The number of rotatable bonds is 9. The van der Waals surface area contributed by atoms with Crippen LogP contribution in [0.2, 0.25) is 0 Å². The van der Waals surface area contributed by atoms with E-state index in [9.17, 15) is 0 Å². The van der Waals surface area contributed by atoms with Crippen LogP contribution in [0.4, 0.5) is 0 Å². The van der Waals surface area contributed by atoms with Gasteiger partial charge in [-0.05, 0) is 31.5 Å². The quantitative estimate of drug-likeness (QED) is 0.656. The molecule has 4 nitrogen and oxygen atoms in total. The average Bonchev–Trinajstić information content (AvgIpc) is 2.33. The van der Waals surface area contributed by atoms with Crippen LogP contribution in [0.15, 0.2) is 24.3 Å². The van der Waals surface area contributed by atoms with Crippen LogP contribution in [0.5, 0.6) is 5.75 Å². The molecule has 0 atom stereocenters. The van der Waals surface area contributed by atoms with Gasteiger partial charge in [0.2, 0.25) is 0 Å². The molecule has 1 aromatic carbocycles. The van der Waals surface area contributed by atoms with Crippen LogP contribution in [0.3, 0.4) is 0 Å². The summed E-state index contributed by atoms with van der Waals surface area (Å²) in [6.07, 6.45) is 0.195. The third-order valence-electron chi connectivity index (χ3n) is 2.26. The molecule has 0 saturated carbocycles. The van der Waals surface area contributed by atoms with E-state index in [2.05, 4.69) is 11.4 Å². The minimum atomic E-state index is 0.0780. The first kappa shape index (κ1) is 15.0. The van der Waals surface area contributed by atoms with Crippen LogP contribution < -0.4 is 10.1 Å². The Kier molecular flexibility index (Phi) is 7.41. The average molecular weight is 253 g/mol. The second kappa shape index (κ2) is 8.91. The molecule has 1 rings (SSSR count). The van der Waals surface area contributed by atoms with Gasteiger partial charge in [-0.15, -0.1) is 0 Å². The summed E-state index contributed by atoms with van der Waals surface area (Å²) in [6.45, 7) is 6.69. The third-order valence-corrected chi connectivity index (χ3v) is 2.26. The molecule has 0 aliphatic carbocycles. The Bertz CT molecular complexity index is 329. The van der Waals surface area contributed by atoms with Crippen LogP contribution in [-0.2, 0) is 11.3 Å². The van der Waals surface area contributed by atoms with Gasteiger partial charge in [0.1, 0.15) is 5.75 Å². The van der Waals surface area contributed by atoms with Gasteiger partial charge in [-0.25, -0.2) is 0 Å². The van der Waals surface area contributed by atoms with Gasteiger partial charge in [-0.2, -0.15) is 0 Å². The SMILES string of the molecule is CC(C)Oc1cccc(CNCCOCCO)c1. The van der Waals surface area contributed by atoms with E-state index in [1.807, 2.05) is 32.0 Å². The fourth-order valence-electron chi connectivity index (χ4n) is 1.54. The van der Waals surface area contributed by atoms with E-state index >= 15 is 0 Å². The Balaban J connectivity index is 2.25. The van der Waals surface area contributed by atoms with Gasteiger partial charge in [0.15, 0.2) is 0 Å². The van der Waals surface area contributed by atoms with Gasteiger partial charge in [-0.3, -0.25) is 0 Å². The Morgan fingerprint density at radius 2 is 2.11 bits per heavy atom. The minimum absolute atomic E-state index is 0.0780. The normalized spacial score (nSPS) is 10.9. The number of nitrogens with one attached hydrogen (secondary N) is 1. The molecule has 0 spiro atoms. The van der Waals surface area contributed by atoms with Gasteiger partial charge in [-0.1, -0.05) is 12.1 Å². The fourth-order valence-corrected chi connectivity index (χ4v) is 1.54. The Morgan fingerprint density at radius 3 is 2.83 bits per heavy atom. The van der Waals surface area contributed by atoms with Crippen molar-refractivity contribution in [2.24, 2.45) is 0 Å². The van der Waals surface area contributed by atoms with Crippen LogP contribution in [-0.4, -0.2) is 37.6 Å². The van der Waals surface area contributed by atoms with E-state index < -0.39 is 0 Å². The number of aliphatic hydroxyl groups excluding tert-OH is 1. The number of ether oxygens (including phenoxy) is 2. The summed E-state index contributed by atoms with van der Waals surface area (Å²) in [5, 5.41) is 11.8. The Hall–Kier alpha value is -1.10. The summed E-state index contributed by atoms with van der Waals surface area (Å²) < 4.78 is 10.8. The molecule has 1 aromatic rings. The summed E-state index contributed by atoms with van der Waals surface area (Å²) in [5.41, 5.74) is 1.19. The maximum Gasteiger partial charge on any atom is 0.120 e. The molecule has 18 heavy (non-hydrogen) atoms. The van der Waals surface area contributed by atoms with Crippen molar-refractivity contribution in [2.75, 3.05) is 26.4 Å². The predicted molar refractivity (Wildman–Crippen MR) is 71.8 cm³/mol. The number of aliphatic hydroxyl groups is 1. The predicted octanol–water partition coefficient (Wildman–Crippen LogP) is 1.57. The molecule has 0 unspecified atom stereocenters. The first-order valence-electron chi connectivity index (χ1n) is 6.37. The first-order chi connectivity index (χ1) is 8.72. The zero-order valence-corrected chi connectivity index (χ0v) is 11.2. The van der Waals surface area contributed by atoms with Crippen LogP contribution in [0.25, 0.3) is 0 Å². The van der Waals surface area contributed by atoms with Crippen LogP contribution >= 0.6 is 0 Å². The topological polar surface area (TPSA) is 50.7 Å². The molecule has 0 saturated heterocycles. The second-order valence-corrected chi connectivity index (χ2v) is 4.33. The molecule has 0 amide bonds. The van der Waals surface area contributed by atoms with E-state index in [4.69, 9.17) is 14.6 Å². The van der Waals surface area contributed by atoms with Crippen molar-refractivity contribution >= 4 is 0 Å². The zero-order valence-electron chi connectivity index (χ0n) is 11.2. The van der Waals surface area contributed by atoms with Crippen molar-refractivity contribution in [3.63, 3.8) is 0 Å². The molecule has 102 valence electrons. The van der Waals surface area contributed by atoms with E-state index in [0.29, 0.717) is 13.2 Å².